The van der Waals surface area contributed by atoms with Crippen LogP contribution in [0, 0.1) is 0 Å². The maximum absolute atomic E-state index is 12.6. The molecule has 1 unspecified atom stereocenters. The Balaban J connectivity index is 2.00. The van der Waals surface area contributed by atoms with Gasteiger partial charge in [-0.2, -0.15) is 0 Å². The summed E-state index contributed by atoms with van der Waals surface area (Å²) in [6.07, 6.45) is 1.73. The van der Waals surface area contributed by atoms with E-state index < -0.39 is 10.0 Å². The van der Waals surface area contributed by atoms with E-state index in [-0.39, 0.29) is 17.2 Å². The van der Waals surface area contributed by atoms with Crippen molar-refractivity contribution in [2.75, 3.05) is 25.9 Å². The topological polar surface area (TPSA) is 49.4 Å². The average Bonchev–Trinajstić information content (AvgIpc) is 2.48. The molecule has 1 heterocycles. The number of hydrogen-bond donors (Lipinski definition) is 1. The first-order valence-corrected chi connectivity index (χ1v) is 9.19. The van der Waals surface area contributed by atoms with Crippen LogP contribution in [0.15, 0.2) is 30.3 Å². The van der Waals surface area contributed by atoms with Gasteiger partial charge in [-0.05, 0) is 38.3 Å². The summed E-state index contributed by atoms with van der Waals surface area (Å²) in [5.41, 5.74) is 1.15. The van der Waals surface area contributed by atoms with Crippen LogP contribution in [0.25, 0.3) is 0 Å². The van der Waals surface area contributed by atoms with Crippen molar-refractivity contribution < 1.29 is 8.42 Å². The summed E-state index contributed by atoms with van der Waals surface area (Å²) in [6, 6.07) is 9.85. The molecule has 0 aromatic heterocycles. The Morgan fingerprint density at radius 3 is 2.33 bits per heavy atom. The fraction of sp³-hybridized carbons (Fsp3) is 0.625. The second kappa shape index (κ2) is 6.46. The van der Waals surface area contributed by atoms with Gasteiger partial charge in [0.25, 0.3) is 0 Å². The molecule has 0 bridgehead atoms. The molecule has 1 saturated heterocycles. The van der Waals surface area contributed by atoms with Crippen LogP contribution in [0.3, 0.4) is 0 Å². The molecule has 0 spiro atoms. The maximum Gasteiger partial charge on any atom is 0.214 e. The van der Waals surface area contributed by atoms with Crippen LogP contribution in [-0.2, 0) is 10.0 Å². The molecule has 0 radical (unpaired) electrons. The Morgan fingerprint density at radius 2 is 1.81 bits per heavy atom. The van der Waals surface area contributed by atoms with Crippen molar-refractivity contribution >= 4 is 10.0 Å². The zero-order chi connectivity index (χ0) is 15.5. The van der Waals surface area contributed by atoms with Gasteiger partial charge < -0.3 is 5.32 Å². The Bertz CT molecular complexity index is 549. The maximum atomic E-state index is 12.6. The standard InChI is InChI=1S/C16H26N2O2S/c1-14(15-7-5-4-6-8-15)13-21(19,20)18-11-9-16(2,17-3)10-12-18/h4-8,14,17H,9-13H2,1-3H3. The van der Waals surface area contributed by atoms with E-state index in [0.29, 0.717) is 13.1 Å². The number of nitrogens with one attached hydrogen (secondary N) is 1. The highest BCUT2D eigenvalue weighted by Gasteiger charge is 2.34. The van der Waals surface area contributed by atoms with Crippen molar-refractivity contribution in [3.05, 3.63) is 35.9 Å². The largest absolute Gasteiger partial charge is 0.314 e. The highest BCUT2D eigenvalue weighted by molar-refractivity contribution is 7.89. The highest BCUT2D eigenvalue weighted by atomic mass is 32.2. The fourth-order valence-electron chi connectivity index (χ4n) is 2.81. The van der Waals surface area contributed by atoms with Crippen molar-refractivity contribution in [3.8, 4) is 0 Å². The van der Waals surface area contributed by atoms with Gasteiger partial charge in [0.05, 0.1) is 5.75 Å². The van der Waals surface area contributed by atoms with Gasteiger partial charge in [-0.15, -0.1) is 0 Å². The summed E-state index contributed by atoms with van der Waals surface area (Å²) in [6.45, 7) is 5.36. The molecule has 4 nitrogen and oxygen atoms in total. The molecule has 1 aromatic rings. The van der Waals surface area contributed by atoms with Gasteiger partial charge in [0.1, 0.15) is 0 Å². The molecule has 21 heavy (non-hydrogen) atoms. The second-order valence-corrected chi connectivity index (χ2v) is 8.31. The van der Waals surface area contributed by atoms with Crippen LogP contribution in [0.2, 0.25) is 0 Å². The molecule has 1 fully saturated rings. The monoisotopic (exact) mass is 310 g/mol. The Kier molecular flexibility index (Phi) is 5.07. The third-order valence-corrected chi connectivity index (χ3v) is 6.73. The van der Waals surface area contributed by atoms with Crippen molar-refractivity contribution in [2.45, 2.75) is 38.1 Å². The average molecular weight is 310 g/mol. The van der Waals surface area contributed by atoms with Gasteiger partial charge in [0, 0.05) is 18.6 Å². The predicted molar refractivity (Wildman–Crippen MR) is 86.9 cm³/mol. The molecular weight excluding hydrogens is 284 g/mol. The first-order chi connectivity index (χ1) is 9.86. The summed E-state index contributed by atoms with van der Waals surface area (Å²) in [4.78, 5) is 0. The number of nitrogens with zero attached hydrogens (tertiary/aromatic N) is 1. The molecule has 118 valence electrons. The first-order valence-electron chi connectivity index (χ1n) is 7.58. The lowest BCUT2D eigenvalue weighted by Crippen LogP contribution is -2.51. The van der Waals surface area contributed by atoms with Gasteiger partial charge in [0.2, 0.25) is 10.0 Å². The van der Waals surface area contributed by atoms with Gasteiger partial charge >= 0.3 is 0 Å². The lowest BCUT2D eigenvalue weighted by Gasteiger charge is -2.38. The minimum atomic E-state index is -3.18. The zero-order valence-electron chi connectivity index (χ0n) is 13.2. The van der Waals surface area contributed by atoms with Crippen molar-refractivity contribution in [3.63, 3.8) is 0 Å². The van der Waals surface area contributed by atoms with Crippen molar-refractivity contribution in [2.24, 2.45) is 0 Å². The summed E-state index contributed by atoms with van der Waals surface area (Å²) in [5, 5.41) is 3.30. The van der Waals surface area contributed by atoms with E-state index in [9.17, 15) is 8.42 Å². The van der Waals surface area contributed by atoms with E-state index in [4.69, 9.17) is 0 Å². The lowest BCUT2D eigenvalue weighted by molar-refractivity contribution is 0.219. The molecule has 5 heteroatoms. The lowest BCUT2D eigenvalue weighted by atomic mass is 9.91. The number of rotatable bonds is 5. The van der Waals surface area contributed by atoms with E-state index >= 15 is 0 Å². The molecule has 0 saturated carbocycles. The van der Waals surface area contributed by atoms with Gasteiger partial charge in [-0.1, -0.05) is 37.3 Å². The minimum Gasteiger partial charge on any atom is -0.314 e. The molecule has 1 aliphatic rings. The summed E-state index contributed by atoms with van der Waals surface area (Å²) in [5.74, 6) is 0.210. The van der Waals surface area contributed by atoms with E-state index in [1.54, 1.807) is 4.31 Å². The normalized spacial score (nSPS) is 21.1. The smallest absolute Gasteiger partial charge is 0.214 e. The molecule has 1 aromatic carbocycles. The zero-order valence-corrected chi connectivity index (χ0v) is 14.0. The molecule has 1 atom stereocenters. The molecule has 0 aliphatic carbocycles. The molecule has 1 N–H and O–H groups in total. The third-order valence-electron chi connectivity index (χ3n) is 4.65. The van der Waals surface area contributed by atoms with Crippen LogP contribution < -0.4 is 5.32 Å². The summed E-state index contributed by atoms with van der Waals surface area (Å²) in [7, 11) is -1.24. The molecule has 1 aliphatic heterocycles. The van der Waals surface area contributed by atoms with Gasteiger partial charge in [-0.3, -0.25) is 0 Å². The SMILES string of the molecule is CNC1(C)CCN(S(=O)(=O)CC(C)c2ccccc2)CC1. The summed E-state index contributed by atoms with van der Waals surface area (Å²) < 4.78 is 26.8. The first kappa shape index (κ1) is 16.5. The van der Waals surface area contributed by atoms with E-state index in [2.05, 4.69) is 12.2 Å². The van der Waals surface area contributed by atoms with E-state index in [1.807, 2.05) is 44.3 Å². The Labute approximate surface area is 128 Å². The molecule has 2 rings (SSSR count). The van der Waals surface area contributed by atoms with Crippen molar-refractivity contribution in [1.29, 1.82) is 0 Å². The van der Waals surface area contributed by atoms with Crippen molar-refractivity contribution in [1.82, 2.24) is 9.62 Å². The van der Waals surface area contributed by atoms with E-state index in [0.717, 1.165) is 18.4 Å². The van der Waals surface area contributed by atoms with Crippen LogP contribution in [0.1, 0.15) is 38.2 Å². The summed E-state index contributed by atoms with van der Waals surface area (Å²) >= 11 is 0. The van der Waals surface area contributed by atoms with E-state index in [1.165, 1.54) is 0 Å². The number of benzene rings is 1. The number of piperidine rings is 1. The number of hydrogen-bond acceptors (Lipinski definition) is 3. The highest BCUT2D eigenvalue weighted by Crippen LogP contribution is 2.25. The van der Waals surface area contributed by atoms with Crippen LogP contribution >= 0.6 is 0 Å². The van der Waals surface area contributed by atoms with Crippen LogP contribution in [0.5, 0.6) is 0 Å². The fourth-order valence-corrected chi connectivity index (χ4v) is 4.58. The van der Waals surface area contributed by atoms with Crippen LogP contribution in [-0.4, -0.2) is 44.2 Å². The molecular formula is C16H26N2O2S. The second-order valence-electron chi connectivity index (χ2n) is 6.30. The minimum absolute atomic E-state index is 0.0220. The quantitative estimate of drug-likeness (QED) is 0.907. The Hall–Kier alpha value is -0.910. The van der Waals surface area contributed by atoms with Gasteiger partial charge in [0.15, 0.2) is 0 Å². The molecule has 0 amide bonds. The third kappa shape index (κ3) is 4.05. The van der Waals surface area contributed by atoms with Gasteiger partial charge in [-0.25, -0.2) is 12.7 Å². The number of sulfonamides is 1. The Morgan fingerprint density at radius 1 is 1.24 bits per heavy atom. The van der Waals surface area contributed by atoms with Crippen LogP contribution in [0.4, 0.5) is 0 Å². The predicted octanol–water partition coefficient (Wildman–Crippen LogP) is 2.19.